The Hall–Kier alpha value is -1.14. The molecule has 0 bridgehead atoms. The third-order valence-corrected chi connectivity index (χ3v) is 4.38. The van der Waals surface area contributed by atoms with Gasteiger partial charge >= 0.3 is 5.97 Å². The number of aliphatic carboxylic acids is 1. The van der Waals surface area contributed by atoms with Crippen LogP contribution in [0.1, 0.15) is 39.0 Å². The van der Waals surface area contributed by atoms with Gasteiger partial charge in [-0.2, -0.15) is 0 Å². The van der Waals surface area contributed by atoms with Gasteiger partial charge in [0.05, 0.1) is 6.10 Å². The molecule has 1 unspecified atom stereocenters. The molecule has 0 spiro atoms. The zero-order valence-corrected chi connectivity index (χ0v) is 12.1. The minimum atomic E-state index is -1.08. The molecule has 0 saturated carbocycles. The number of rotatable bonds is 4. The van der Waals surface area contributed by atoms with Crippen LogP contribution in [0.4, 0.5) is 0 Å². The Morgan fingerprint density at radius 2 is 2.05 bits per heavy atom. The highest BCUT2D eigenvalue weighted by atomic mass is 16.5. The van der Waals surface area contributed by atoms with E-state index >= 15 is 0 Å². The average Bonchev–Trinajstić information content (AvgIpc) is 2.46. The Morgan fingerprint density at radius 3 is 2.70 bits per heavy atom. The predicted octanol–water partition coefficient (Wildman–Crippen LogP) is 0.611. The third kappa shape index (κ3) is 3.30. The third-order valence-electron chi connectivity index (χ3n) is 4.38. The fraction of sp³-hybridized carbons (Fsp3) is 0.857. The summed E-state index contributed by atoms with van der Waals surface area (Å²) in [6.07, 6.45) is 4.15. The number of carboxylic acid groups (broad SMARTS) is 1. The first-order valence-electron chi connectivity index (χ1n) is 7.40. The summed E-state index contributed by atoms with van der Waals surface area (Å²) in [5.74, 6) is -1.12. The lowest BCUT2D eigenvalue weighted by Crippen LogP contribution is -2.58. The van der Waals surface area contributed by atoms with Gasteiger partial charge in [0.15, 0.2) is 0 Å². The van der Waals surface area contributed by atoms with Crippen LogP contribution in [-0.2, 0) is 14.3 Å². The summed E-state index contributed by atoms with van der Waals surface area (Å²) in [7, 11) is 0. The lowest BCUT2D eigenvalue weighted by molar-refractivity contribution is -0.164. The largest absolute Gasteiger partial charge is 0.480 e. The van der Waals surface area contributed by atoms with Gasteiger partial charge in [0.2, 0.25) is 5.91 Å². The normalized spacial score (nSPS) is 28.4. The van der Waals surface area contributed by atoms with Crippen molar-refractivity contribution in [1.82, 2.24) is 10.2 Å². The minimum absolute atomic E-state index is 0.00641. The molecule has 0 aromatic heterocycles. The monoisotopic (exact) mass is 284 g/mol. The second-order valence-corrected chi connectivity index (χ2v) is 5.84. The highest BCUT2D eigenvalue weighted by Crippen LogP contribution is 2.28. The summed E-state index contributed by atoms with van der Waals surface area (Å²) in [6.45, 7) is 3.96. The van der Waals surface area contributed by atoms with Crippen molar-refractivity contribution < 1.29 is 19.4 Å². The van der Waals surface area contributed by atoms with Crippen molar-refractivity contribution in [3.8, 4) is 0 Å². The SMILES string of the molecule is CC1(C(=O)O)CCCCN1C(=O)COC1CCNCC1. The second kappa shape index (κ2) is 6.54. The molecule has 6 nitrogen and oxygen atoms in total. The number of carbonyl (C=O) groups is 2. The standard InChI is InChI=1S/C14H24N2O4/c1-14(13(18)19)6-2-3-9-16(14)12(17)10-20-11-4-7-15-8-5-11/h11,15H,2-10H2,1H3,(H,18,19). The van der Waals surface area contributed by atoms with Crippen LogP contribution in [0.3, 0.4) is 0 Å². The average molecular weight is 284 g/mol. The molecule has 2 aliphatic heterocycles. The molecule has 2 aliphatic rings. The number of amides is 1. The van der Waals surface area contributed by atoms with Gasteiger partial charge in [-0.05, 0) is 52.1 Å². The number of carbonyl (C=O) groups excluding carboxylic acids is 1. The van der Waals surface area contributed by atoms with Crippen molar-refractivity contribution in [2.75, 3.05) is 26.2 Å². The maximum Gasteiger partial charge on any atom is 0.329 e. The topological polar surface area (TPSA) is 78.9 Å². The van der Waals surface area contributed by atoms with E-state index in [4.69, 9.17) is 4.74 Å². The Kier molecular flexibility index (Phi) is 4.99. The van der Waals surface area contributed by atoms with E-state index in [9.17, 15) is 14.7 Å². The van der Waals surface area contributed by atoms with Crippen LogP contribution in [0.2, 0.25) is 0 Å². The number of nitrogens with one attached hydrogen (secondary N) is 1. The van der Waals surface area contributed by atoms with Crippen LogP contribution in [0, 0.1) is 0 Å². The lowest BCUT2D eigenvalue weighted by Gasteiger charge is -2.41. The van der Waals surface area contributed by atoms with Crippen molar-refractivity contribution in [2.45, 2.75) is 50.7 Å². The van der Waals surface area contributed by atoms with Crippen LogP contribution >= 0.6 is 0 Å². The number of likely N-dealkylation sites (tertiary alicyclic amines) is 1. The lowest BCUT2D eigenvalue weighted by atomic mass is 9.88. The first kappa shape index (κ1) is 15.3. The molecule has 6 heteroatoms. The molecular weight excluding hydrogens is 260 g/mol. The summed E-state index contributed by atoms with van der Waals surface area (Å²) in [5.41, 5.74) is -1.08. The molecule has 2 heterocycles. The maximum absolute atomic E-state index is 12.3. The molecule has 0 aliphatic carbocycles. The van der Waals surface area contributed by atoms with Crippen molar-refractivity contribution in [1.29, 1.82) is 0 Å². The highest BCUT2D eigenvalue weighted by Gasteiger charge is 2.43. The number of hydrogen-bond donors (Lipinski definition) is 2. The highest BCUT2D eigenvalue weighted by molar-refractivity contribution is 5.87. The van der Waals surface area contributed by atoms with Gasteiger partial charge < -0.3 is 20.1 Å². The fourth-order valence-electron chi connectivity index (χ4n) is 2.97. The predicted molar refractivity (Wildman–Crippen MR) is 73.4 cm³/mol. The molecule has 2 saturated heterocycles. The fourth-order valence-corrected chi connectivity index (χ4v) is 2.97. The van der Waals surface area contributed by atoms with Crippen molar-refractivity contribution >= 4 is 11.9 Å². The Morgan fingerprint density at radius 1 is 1.35 bits per heavy atom. The number of nitrogens with zero attached hydrogens (tertiary/aromatic N) is 1. The summed E-state index contributed by atoms with van der Waals surface area (Å²) >= 11 is 0. The molecule has 20 heavy (non-hydrogen) atoms. The molecule has 2 fully saturated rings. The van der Waals surface area contributed by atoms with Gasteiger partial charge in [-0.3, -0.25) is 4.79 Å². The first-order valence-corrected chi connectivity index (χ1v) is 7.40. The van der Waals surface area contributed by atoms with Crippen LogP contribution in [-0.4, -0.2) is 59.8 Å². The quantitative estimate of drug-likeness (QED) is 0.791. The molecule has 2 N–H and O–H groups in total. The Labute approximate surface area is 119 Å². The van der Waals surface area contributed by atoms with Gasteiger partial charge in [0.1, 0.15) is 12.1 Å². The van der Waals surface area contributed by atoms with Gasteiger partial charge in [-0.15, -0.1) is 0 Å². The first-order chi connectivity index (χ1) is 9.54. The van der Waals surface area contributed by atoms with Gasteiger partial charge in [-0.1, -0.05) is 0 Å². The summed E-state index contributed by atoms with van der Waals surface area (Å²) in [6, 6.07) is 0. The van der Waals surface area contributed by atoms with E-state index in [0.717, 1.165) is 38.8 Å². The molecule has 0 aromatic carbocycles. The number of ether oxygens (including phenoxy) is 1. The number of piperidine rings is 2. The van der Waals surface area contributed by atoms with Crippen LogP contribution in [0.25, 0.3) is 0 Å². The van der Waals surface area contributed by atoms with Crippen LogP contribution in [0.15, 0.2) is 0 Å². The molecule has 1 amide bonds. The van der Waals surface area contributed by atoms with E-state index in [1.165, 1.54) is 4.90 Å². The molecule has 0 aromatic rings. The smallest absolute Gasteiger partial charge is 0.329 e. The summed E-state index contributed by atoms with van der Waals surface area (Å²) < 4.78 is 5.65. The number of hydrogen-bond acceptors (Lipinski definition) is 4. The van der Waals surface area contributed by atoms with Gasteiger partial charge in [0.25, 0.3) is 0 Å². The molecular formula is C14H24N2O4. The van der Waals surface area contributed by atoms with Crippen molar-refractivity contribution in [3.05, 3.63) is 0 Å². The van der Waals surface area contributed by atoms with E-state index in [-0.39, 0.29) is 18.6 Å². The zero-order chi connectivity index (χ0) is 14.6. The number of carboxylic acids is 1. The van der Waals surface area contributed by atoms with Crippen LogP contribution in [0.5, 0.6) is 0 Å². The molecule has 0 radical (unpaired) electrons. The minimum Gasteiger partial charge on any atom is -0.480 e. The van der Waals surface area contributed by atoms with E-state index < -0.39 is 11.5 Å². The summed E-state index contributed by atoms with van der Waals surface area (Å²) in [4.78, 5) is 25.2. The van der Waals surface area contributed by atoms with Crippen molar-refractivity contribution in [2.24, 2.45) is 0 Å². The Bertz CT molecular complexity index is 368. The maximum atomic E-state index is 12.3. The summed E-state index contributed by atoms with van der Waals surface area (Å²) in [5, 5.41) is 12.6. The van der Waals surface area contributed by atoms with Gasteiger partial charge in [-0.25, -0.2) is 4.79 Å². The van der Waals surface area contributed by atoms with Crippen LogP contribution < -0.4 is 5.32 Å². The van der Waals surface area contributed by atoms with E-state index in [2.05, 4.69) is 5.32 Å². The molecule has 1 atom stereocenters. The second-order valence-electron chi connectivity index (χ2n) is 5.84. The zero-order valence-electron chi connectivity index (χ0n) is 12.1. The van der Waals surface area contributed by atoms with E-state index in [1.807, 2.05) is 0 Å². The molecule has 2 rings (SSSR count). The Balaban J connectivity index is 1.90. The molecule has 114 valence electrons. The van der Waals surface area contributed by atoms with E-state index in [0.29, 0.717) is 13.0 Å². The van der Waals surface area contributed by atoms with Gasteiger partial charge in [0, 0.05) is 6.54 Å². The van der Waals surface area contributed by atoms with E-state index in [1.54, 1.807) is 6.92 Å². The van der Waals surface area contributed by atoms with Crippen molar-refractivity contribution in [3.63, 3.8) is 0 Å².